The molecule has 0 aliphatic heterocycles. The van der Waals surface area contributed by atoms with E-state index in [9.17, 15) is 74.1 Å². The molecule has 0 radical (unpaired) electrons. The third kappa shape index (κ3) is 7.92. The lowest BCUT2D eigenvalue weighted by Crippen LogP contribution is -2.40. The first-order valence-corrected chi connectivity index (χ1v) is 20.4. The minimum absolute atomic E-state index is 0.303. The maximum Gasteiger partial charge on any atom is 0.289 e. The highest BCUT2D eigenvalue weighted by Gasteiger charge is 2.44. The van der Waals surface area contributed by atoms with Gasteiger partial charge in [0.1, 0.15) is 0 Å². The average molecular weight is 829 g/mol. The second kappa shape index (κ2) is 15.7. The monoisotopic (exact) mass is 828 g/mol. The lowest BCUT2D eigenvalue weighted by atomic mass is 10.3. The molecule has 0 atom stereocenters. The SMILES string of the molecule is O=[N+]([O-])c1ccccc1S(=O)(=O)N(CCCCN(S(=O)(=O)c1ccccc1[N+](=O)[O-])S(=O)(=O)c1ccccc1[N+](=O)[O-])S(=O)(=O)c1ccccc1[N+](=O)[O-]. The van der Waals surface area contributed by atoms with Gasteiger partial charge in [0.15, 0.2) is 19.6 Å². The van der Waals surface area contributed by atoms with Crippen LogP contribution in [-0.2, 0) is 40.1 Å². The third-order valence-corrected chi connectivity index (χ3v) is 16.2. The Bertz CT molecular complexity index is 2260. The van der Waals surface area contributed by atoms with E-state index >= 15 is 0 Å². The summed E-state index contributed by atoms with van der Waals surface area (Å²) in [6.07, 6.45) is -1.59. The molecule has 0 spiro atoms. The minimum Gasteiger partial charge on any atom is -0.258 e. The molecule has 0 N–H and O–H groups in total. The van der Waals surface area contributed by atoms with Gasteiger partial charge < -0.3 is 0 Å². The van der Waals surface area contributed by atoms with Gasteiger partial charge in [0, 0.05) is 37.4 Å². The molecule has 286 valence electrons. The molecule has 0 unspecified atom stereocenters. The zero-order chi connectivity index (χ0) is 40.2. The van der Waals surface area contributed by atoms with Crippen LogP contribution in [0.4, 0.5) is 22.7 Å². The lowest BCUT2D eigenvalue weighted by Gasteiger charge is -2.24. The summed E-state index contributed by atoms with van der Waals surface area (Å²) in [5, 5.41) is 46.9. The van der Waals surface area contributed by atoms with Crippen LogP contribution in [0.15, 0.2) is 117 Å². The molecule has 22 nitrogen and oxygen atoms in total. The van der Waals surface area contributed by atoms with Gasteiger partial charge in [-0.05, 0) is 37.1 Å². The highest BCUT2D eigenvalue weighted by atomic mass is 32.3. The molecule has 0 aliphatic rings. The van der Waals surface area contributed by atoms with E-state index in [1.54, 1.807) is 0 Å². The van der Waals surface area contributed by atoms with E-state index in [1.165, 1.54) is 0 Å². The van der Waals surface area contributed by atoms with Crippen molar-refractivity contribution in [1.82, 2.24) is 7.42 Å². The van der Waals surface area contributed by atoms with Crippen LogP contribution in [0.1, 0.15) is 12.8 Å². The Kier molecular flexibility index (Phi) is 11.9. The van der Waals surface area contributed by atoms with E-state index in [0.717, 1.165) is 72.8 Å². The number of rotatable bonds is 17. The number of nitrogens with zero attached hydrogens (tertiary/aromatic N) is 6. The minimum atomic E-state index is -5.52. The lowest BCUT2D eigenvalue weighted by molar-refractivity contribution is -0.388. The van der Waals surface area contributed by atoms with Gasteiger partial charge in [-0.15, -0.1) is 0 Å². The maximum absolute atomic E-state index is 13.9. The topological polar surface area (TPSA) is 316 Å². The van der Waals surface area contributed by atoms with E-state index in [2.05, 4.69) is 0 Å². The molecule has 0 fully saturated rings. The van der Waals surface area contributed by atoms with E-state index in [1.807, 2.05) is 0 Å². The van der Waals surface area contributed by atoms with Crippen LogP contribution in [0.25, 0.3) is 0 Å². The largest absolute Gasteiger partial charge is 0.289 e. The Morgan fingerprint density at radius 2 is 0.556 bits per heavy atom. The highest BCUT2D eigenvalue weighted by molar-refractivity contribution is 8.04. The van der Waals surface area contributed by atoms with Crippen LogP contribution in [-0.4, -0.2) is 73.9 Å². The normalized spacial score (nSPS) is 12.4. The first kappa shape index (κ1) is 41.0. The van der Waals surface area contributed by atoms with Gasteiger partial charge in [-0.25, -0.2) is 33.7 Å². The molecule has 26 heteroatoms. The van der Waals surface area contributed by atoms with Gasteiger partial charge in [-0.3, -0.25) is 40.5 Å². The van der Waals surface area contributed by atoms with Crippen molar-refractivity contribution in [3.05, 3.63) is 138 Å². The Labute approximate surface area is 305 Å². The second-order valence-corrected chi connectivity index (χ2v) is 18.4. The number of sulfonamides is 4. The summed E-state index contributed by atoms with van der Waals surface area (Å²) in [6, 6.07) is 14.1. The maximum atomic E-state index is 13.9. The molecule has 0 amide bonds. The zero-order valence-corrected chi connectivity index (χ0v) is 30.2. The molecular weight excluding hydrogens is 805 g/mol. The molecule has 0 aromatic heterocycles. The fraction of sp³-hybridized carbons (Fsp3) is 0.143. The fourth-order valence-electron chi connectivity index (χ4n) is 4.96. The highest BCUT2D eigenvalue weighted by Crippen LogP contribution is 2.36. The van der Waals surface area contributed by atoms with Gasteiger partial charge >= 0.3 is 0 Å². The molecule has 4 rings (SSSR count). The summed E-state index contributed by atoms with van der Waals surface area (Å²) in [7, 11) is -22.1. The summed E-state index contributed by atoms with van der Waals surface area (Å²) in [6.45, 7) is -2.46. The summed E-state index contributed by atoms with van der Waals surface area (Å²) in [5.74, 6) is 0. The molecular formula is C28H24N6O16S4. The molecule has 0 saturated heterocycles. The van der Waals surface area contributed by atoms with Crippen molar-refractivity contribution in [2.45, 2.75) is 32.4 Å². The number of hydrogen-bond donors (Lipinski definition) is 0. The van der Waals surface area contributed by atoms with Crippen molar-refractivity contribution in [3.63, 3.8) is 0 Å². The predicted octanol–water partition coefficient (Wildman–Crippen LogP) is 3.56. The molecule has 4 aromatic carbocycles. The number of nitro groups is 4. The van der Waals surface area contributed by atoms with Gasteiger partial charge in [0.25, 0.3) is 62.8 Å². The van der Waals surface area contributed by atoms with Crippen LogP contribution in [0, 0.1) is 40.5 Å². The quantitative estimate of drug-likeness (QED) is 0.0834. The Morgan fingerprint density at radius 1 is 0.370 bits per heavy atom. The average Bonchev–Trinajstić information content (AvgIpc) is 3.12. The Morgan fingerprint density at radius 3 is 0.741 bits per heavy atom. The number of benzene rings is 4. The van der Waals surface area contributed by atoms with Gasteiger partial charge in [-0.2, -0.15) is 0 Å². The van der Waals surface area contributed by atoms with Gasteiger partial charge in [-0.1, -0.05) is 56.0 Å². The number of unbranched alkanes of at least 4 members (excludes halogenated alkanes) is 1. The van der Waals surface area contributed by atoms with Crippen LogP contribution in [0.5, 0.6) is 0 Å². The van der Waals surface area contributed by atoms with E-state index in [4.69, 9.17) is 0 Å². The summed E-state index contributed by atoms with van der Waals surface area (Å²) < 4.78 is 111. The van der Waals surface area contributed by atoms with Gasteiger partial charge in [0.05, 0.1) is 19.7 Å². The summed E-state index contributed by atoms with van der Waals surface area (Å²) in [4.78, 5) is 37.7. The smallest absolute Gasteiger partial charge is 0.258 e. The van der Waals surface area contributed by atoms with Crippen molar-refractivity contribution in [2.24, 2.45) is 0 Å². The van der Waals surface area contributed by atoms with E-state index in [0.29, 0.717) is 24.3 Å². The number of para-hydroxylation sites is 4. The van der Waals surface area contributed by atoms with Crippen molar-refractivity contribution < 1.29 is 53.4 Å². The molecule has 4 aromatic rings. The first-order chi connectivity index (χ1) is 25.2. The van der Waals surface area contributed by atoms with Crippen molar-refractivity contribution in [1.29, 1.82) is 0 Å². The van der Waals surface area contributed by atoms with E-state index in [-0.39, 0.29) is 7.42 Å². The summed E-state index contributed by atoms with van der Waals surface area (Å²) in [5.41, 5.74) is -4.34. The van der Waals surface area contributed by atoms with Crippen molar-refractivity contribution >= 4 is 62.8 Å². The molecule has 54 heavy (non-hydrogen) atoms. The molecule has 0 bridgehead atoms. The predicted molar refractivity (Wildman–Crippen MR) is 184 cm³/mol. The summed E-state index contributed by atoms with van der Waals surface area (Å²) >= 11 is 0. The standard InChI is InChI=1S/C28H24N6O16S4/c35-31(36)21-11-1-5-15-25(21)51(43,44)29(52(45,46)26-16-6-2-12-22(26)32(37)38)19-9-10-20-30(53(47,48)27-17-7-3-13-23(27)33(39)40)54(49,50)28-18-8-4-14-24(28)34(41)42/h1-8,11-18H,9-10,19-20H2. The molecule has 0 aliphatic carbocycles. The van der Waals surface area contributed by atoms with Crippen LogP contribution in [0.3, 0.4) is 0 Å². The zero-order valence-electron chi connectivity index (χ0n) is 26.9. The molecule has 0 saturated carbocycles. The Balaban J connectivity index is 1.84. The van der Waals surface area contributed by atoms with Crippen LogP contribution >= 0.6 is 0 Å². The van der Waals surface area contributed by atoms with Gasteiger partial charge in [0.2, 0.25) is 0 Å². The van der Waals surface area contributed by atoms with Crippen molar-refractivity contribution in [3.8, 4) is 0 Å². The Hall–Kier alpha value is -5.80. The number of nitro benzene ring substituents is 4. The van der Waals surface area contributed by atoms with E-state index < -0.39 is 128 Å². The third-order valence-electron chi connectivity index (χ3n) is 7.36. The van der Waals surface area contributed by atoms with Crippen molar-refractivity contribution in [2.75, 3.05) is 13.1 Å². The molecule has 0 heterocycles. The van der Waals surface area contributed by atoms with Crippen LogP contribution in [0.2, 0.25) is 0 Å². The second-order valence-electron chi connectivity index (χ2n) is 10.6. The van der Waals surface area contributed by atoms with Crippen LogP contribution < -0.4 is 0 Å². The number of hydrogen-bond acceptors (Lipinski definition) is 16. The fourth-order valence-corrected chi connectivity index (χ4v) is 13.0. The first-order valence-electron chi connectivity index (χ1n) is 14.7.